The molecule has 2 aromatic carbocycles. The average molecular weight is 328 g/mol. The SMILES string of the molecule is CC(N)Cc1ccc(OCc2cc(Cl)ccc2Cl)c(F)c1. The first-order valence-corrected chi connectivity index (χ1v) is 7.32. The summed E-state index contributed by atoms with van der Waals surface area (Å²) in [6.45, 7) is 2.03. The number of ether oxygens (including phenoxy) is 1. The molecule has 0 saturated heterocycles. The Morgan fingerprint density at radius 3 is 2.62 bits per heavy atom. The van der Waals surface area contributed by atoms with E-state index < -0.39 is 5.82 Å². The van der Waals surface area contributed by atoms with Gasteiger partial charge in [-0.2, -0.15) is 0 Å². The highest BCUT2D eigenvalue weighted by atomic mass is 35.5. The van der Waals surface area contributed by atoms with Gasteiger partial charge in [0.1, 0.15) is 6.61 Å². The van der Waals surface area contributed by atoms with Crippen molar-refractivity contribution in [3.05, 3.63) is 63.4 Å². The van der Waals surface area contributed by atoms with E-state index in [0.717, 1.165) is 5.56 Å². The van der Waals surface area contributed by atoms with E-state index in [2.05, 4.69) is 0 Å². The van der Waals surface area contributed by atoms with Gasteiger partial charge in [-0.1, -0.05) is 29.3 Å². The molecule has 2 aromatic rings. The Labute approximate surface area is 133 Å². The summed E-state index contributed by atoms with van der Waals surface area (Å²) < 4.78 is 19.4. The van der Waals surface area contributed by atoms with Crippen LogP contribution in [-0.2, 0) is 13.0 Å². The molecule has 2 nitrogen and oxygen atoms in total. The van der Waals surface area contributed by atoms with Crippen molar-refractivity contribution in [2.45, 2.75) is 26.0 Å². The monoisotopic (exact) mass is 327 g/mol. The average Bonchev–Trinajstić information content (AvgIpc) is 2.41. The molecule has 0 saturated carbocycles. The molecule has 21 heavy (non-hydrogen) atoms. The fourth-order valence-electron chi connectivity index (χ4n) is 1.97. The summed E-state index contributed by atoms with van der Waals surface area (Å²) in [5, 5.41) is 1.10. The molecule has 0 spiro atoms. The Kier molecular flexibility index (Phi) is 5.45. The van der Waals surface area contributed by atoms with Crippen molar-refractivity contribution in [3.8, 4) is 5.75 Å². The van der Waals surface area contributed by atoms with Gasteiger partial charge in [0.05, 0.1) is 0 Å². The minimum Gasteiger partial charge on any atom is -0.486 e. The summed E-state index contributed by atoms with van der Waals surface area (Å²) in [5.41, 5.74) is 7.25. The predicted octanol–water partition coefficient (Wildman–Crippen LogP) is 4.60. The highest BCUT2D eigenvalue weighted by Gasteiger charge is 2.08. The molecule has 1 unspecified atom stereocenters. The van der Waals surface area contributed by atoms with E-state index in [4.69, 9.17) is 33.7 Å². The molecule has 0 heterocycles. The second-order valence-corrected chi connectivity index (χ2v) is 5.81. The third kappa shape index (κ3) is 4.60. The van der Waals surface area contributed by atoms with Crippen LogP contribution in [0.25, 0.3) is 0 Å². The first-order valence-electron chi connectivity index (χ1n) is 6.56. The van der Waals surface area contributed by atoms with Gasteiger partial charge in [-0.25, -0.2) is 4.39 Å². The van der Waals surface area contributed by atoms with Gasteiger partial charge in [-0.15, -0.1) is 0 Å². The molecule has 1 atom stereocenters. The van der Waals surface area contributed by atoms with Gasteiger partial charge in [-0.05, 0) is 49.2 Å². The summed E-state index contributed by atoms with van der Waals surface area (Å²) in [4.78, 5) is 0. The summed E-state index contributed by atoms with van der Waals surface area (Å²) >= 11 is 11.9. The fourth-order valence-corrected chi connectivity index (χ4v) is 2.34. The lowest BCUT2D eigenvalue weighted by Gasteiger charge is -2.11. The molecule has 0 amide bonds. The summed E-state index contributed by atoms with van der Waals surface area (Å²) in [6, 6.07) is 9.92. The molecule has 0 bridgehead atoms. The molecule has 0 aliphatic rings. The van der Waals surface area contributed by atoms with E-state index in [-0.39, 0.29) is 18.4 Å². The fraction of sp³-hybridized carbons (Fsp3) is 0.250. The van der Waals surface area contributed by atoms with Crippen LogP contribution in [0, 0.1) is 5.82 Å². The Balaban J connectivity index is 2.08. The Morgan fingerprint density at radius 1 is 1.19 bits per heavy atom. The lowest BCUT2D eigenvalue weighted by atomic mass is 10.1. The topological polar surface area (TPSA) is 35.2 Å². The van der Waals surface area contributed by atoms with E-state index in [9.17, 15) is 4.39 Å². The number of hydrogen-bond acceptors (Lipinski definition) is 2. The van der Waals surface area contributed by atoms with Gasteiger partial charge >= 0.3 is 0 Å². The van der Waals surface area contributed by atoms with Crippen LogP contribution in [0.5, 0.6) is 5.75 Å². The van der Waals surface area contributed by atoms with Crippen LogP contribution in [0.4, 0.5) is 4.39 Å². The minimum absolute atomic E-state index is 0.0126. The quantitative estimate of drug-likeness (QED) is 0.870. The van der Waals surface area contributed by atoms with E-state index in [1.165, 1.54) is 6.07 Å². The first-order chi connectivity index (χ1) is 9.95. The number of halogens is 3. The zero-order chi connectivity index (χ0) is 15.4. The maximum atomic E-state index is 14.0. The second-order valence-electron chi connectivity index (χ2n) is 4.97. The van der Waals surface area contributed by atoms with Crippen molar-refractivity contribution in [2.75, 3.05) is 0 Å². The van der Waals surface area contributed by atoms with Crippen LogP contribution in [0.15, 0.2) is 36.4 Å². The largest absolute Gasteiger partial charge is 0.486 e. The second kappa shape index (κ2) is 7.12. The third-order valence-electron chi connectivity index (χ3n) is 2.94. The Bertz CT molecular complexity index is 632. The van der Waals surface area contributed by atoms with Crippen molar-refractivity contribution in [1.29, 1.82) is 0 Å². The van der Waals surface area contributed by atoms with E-state index in [0.29, 0.717) is 22.0 Å². The summed E-state index contributed by atoms with van der Waals surface area (Å²) in [6.07, 6.45) is 0.622. The summed E-state index contributed by atoms with van der Waals surface area (Å²) in [7, 11) is 0. The van der Waals surface area contributed by atoms with Gasteiger partial charge < -0.3 is 10.5 Å². The van der Waals surface area contributed by atoms with Crippen molar-refractivity contribution < 1.29 is 9.13 Å². The first kappa shape index (κ1) is 16.1. The summed E-state index contributed by atoms with van der Waals surface area (Å²) in [5.74, 6) is -0.231. The molecule has 112 valence electrons. The van der Waals surface area contributed by atoms with E-state index >= 15 is 0 Å². The molecule has 5 heteroatoms. The normalized spacial score (nSPS) is 12.2. The zero-order valence-electron chi connectivity index (χ0n) is 11.6. The third-order valence-corrected chi connectivity index (χ3v) is 3.55. The molecule has 0 fully saturated rings. The van der Waals surface area contributed by atoms with Crippen LogP contribution < -0.4 is 10.5 Å². The van der Waals surface area contributed by atoms with E-state index in [1.807, 2.05) is 6.92 Å². The van der Waals surface area contributed by atoms with Crippen molar-refractivity contribution in [2.24, 2.45) is 5.73 Å². The maximum absolute atomic E-state index is 14.0. The lowest BCUT2D eigenvalue weighted by Crippen LogP contribution is -2.17. The van der Waals surface area contributed by atoms with Crippen LogP contribution in [-0.4, -0.2) is 6.04 Å². The van der Waals surface area contributed by atoms with Gasteiger partial charge in [0.25, 0.3) is 0 Å². The van der Waals surface area contributed by atoms with Crippen molar-refractivity contribution >= 4 is 23.2 Å². The highest BCUT2D eigenvalue weighted by Crippen LogP contribution is 2.24. The molecule has 2 N–H and O–H groups in total. The molecular formula is C16H16Cl2FNO. The standard InChI is InChI=1S/C16H16Cl2FNO/c1-10(20)6-11-2-5-16(15(19)7-11)21-9-12-8-13(17)3-4-14(12)18/h2-5,7-8,10H,6,9,20H2,1H3. The van der Waals surface area contributed by atoms with Gasteiger partial charge in [0, 0.05) is 21.7 Å². The Hall–Kier alpha value is -1.29. The number of rotatable bonds is 5. The predicted molar refractivity (Wildman–Crippen MR) is 84.5 cm³/mol. The molecule has 2 rings (SSSR count). The van der Waals surface area contributed by atoms with E-state index in [1.54, 1.807) is 30.3 Å². The van der Waals surface area contributed by atoms with Gasteiger partial charge in [0.2, 0.25) is 0 Å². The molecule has 0 radical (unpaired) electrons. The lowest BCUT2D eigenvalue weighted by molar-refractivity contribution is 0.290. The van der Waals surface area contributed by atoms with Gasteiger partial charge in [0.15, 0.2) is 11.6 Å². The zero-order valence-corrected chi connectivity index (χ0v) is 13.1. The van der Waals surface area contributed by atoms with Crippen molar-refractivity contribution in [3.63, 3.8) is 0 Å². The van der Waals surface area contributed by atoms with Crippen LogP contribution in [0.2, 0.25) is 10.0 Å². The number of hydrogen-bond donors (Lipinski definition) is 1. The van der Waals surface area contributed by atoms with Crippen molar-refractivity contribution in [1.82, 2.24) is 0 Å². The van der Waals surface area contributed by atoms with Crippen LogP contribution in [0.3, 0.4) is 0 Å². The molecule has 0 aliphatic carbocycles. The highest BCUT2D eigenvalue weighted by molar-refractivity contribution is 6.33. The number of benzene rings is 2. The maximum Gasteiger partial charge on any atom is 0.165 e. The molecular weight excluding hydrogens is 312 g/mol. The smallest absolute Gasteiger partial charge is 0.165 e. The number of nitrogens with two attached hydrogens (primary N) is 1. The minimum atomic E-state index is -0.411. The van der Waals surface area contributed by atoms with Crippen LogP contribution >= 0.6 is 23.2 Å². The van der Waals surface area contributed by atoms with Gasteiger partial charge in [-0.3, -0.25) is 0 Å². The molecule has 0 aromatic heterocycles. The Morgan fingerprint density at radius 2 is 1.95 bits per heavy atom. The van der Waals surface area contributed by atoms with Crippen LogP contribution in [0.1, 0.15) is 18.1 Å². The molecule has 0 aliphatic heterocycles.